The van der Waals surface area contributed by atoms with Crippen molar-refractivity contribution in [3.63, 3.8) is 0 Å². The van der Waals surface area contributed by atoms with Crippen molar-refractivity contribution in [2.75, 3.05) is 26.9 Å². The van der Waals surface area contributed by atoms with Crippen LogP contribution in [0.4, 0.5) is 0 Å². The first-order valence-electron chi connectivity index (χ1n) is 6.96. The van der Waals surface area contributed by atoms with Gasteiger partial charge in [0, 0.05) is 12.2 Å². The smallest absolute Gasteiger partial charge is 0.339 e. The van der Waals surface area contributed by atoms with Crippen molar-refractivity contribution >= 4 is 11.9 Å². The second-order valence-corrected chi connectivity index (χ2v) is 5.94. The Balaban J connectivity index is 2.38. The number of esters is 1. The van der Waals surface area contributed by atoms with E-state index in [9.17, 15) is 9.59 Å². The predicted molar refractivity (Wildman–Crippen MR) is 77.5 cm³/mol. The highest BCUT2D eigenvalue weighted by Gasteiger charge is 2.36. The van der Waals surface area contributed by atoms with Crippen molar-refractivity contribution < 1.29 is 19.1 Å². The summed E-state index contributed by atoms with van der Waals surface area (Å²) in [4.78, 5) is 29.4. The second kappa shape index (κ2) is 5.52. The number of nitrogens with one attached hydrogen (secondary N) is 1. The normalized spacial score (nSPS) is 17.7. The average Bonchev–Trinajstić information content (AvgIpc) is 2.72. The summed E-state index contributed by atoms with van der Waals surface area (Å²) in [6.45, 7) is 9.03. The number of aromatic amines is 1. The van der Waals surface area contributed by atoms with Crippen molar-refractivity contribution in [2.24, 2.45) is 0 Å². The Morgan fingerprint density at radius 1 is 1.33 bits per heavy atom. The molecule has 1 amide bonds. The molecule has 2 heterocycles. The number of morpholine rings is 1. The first kappa shape index (κ1) is 15.6. The standard InChI is InChI=1S/C15H22N2O4/c1-9-11(14(19)20-5)10(2)16-12(9)13(18)17-6-7-21-8-15(17,3)4/h16H,6-8H2,1-5H3. The van der Waals surface area contributed by atoms with Gasteiger partial charge < -0.3 is 19.4 Å². The van der Waals surface area contributed by atoms with E-state index in [1.54, 1.807) is 18.7 Å². The molecule has 1 aromatic heterocycles. The number of carbonyl (C=O) groups excluding carboxylic acids is 2. The van der Waals surface area contributed by atoms with Crippen LogP contribution in [-0.4, -0.2) is 54.2 Å². The van der Waals surface area contributed by atoms with Gasteiger partial charge in [-0.25, -0.2) is 4.79 Å². The lowest BCUT2D eigenvalue weighted by Gasteiger charge is -2.42. The summed E-state index contributed by atoms with van der Waals surface area (Å²) >= 11 is 0. The minimum atomic E-state index is -0.429. The van der Waals surface area contributed by atoms with Crippen LogP contribution in [0.25, 0.3) is 0 Å². The van der Waals surface area contributed by atoms with Crippen LogP contribution in [0.2, 0.25) is 0 Å². The second-order valence-electron chi connectivity index (χ2n) is 5.94. The molecular weight excluding hydrogens is 272 g/mol. The molecule has 21 heavy (non-hydrogen) atoms. The van der Waals surface area contributed by atoms with Gasteiger partial charge in [-0.15, -0.1) is 0 Å². The molecule has 1 N–H and O–H groups in total. The van der Waals surface area contributed by atoms with E-state index in [0.29, 0.717) is 42.3 Å². The Labute approximate surface area is 124 Å². The quantitative estimate of drug-likeness (QED) is 0.842. The largest absolute Gasteiger partial charge is 0.465 e. The van der Waals surface area contributed by atoms with Crippen molar-refractivity contribution in [3.8, 4) is 0 Å². The molecule has 1 aliphatic heterocycles. The van der Waals surface area contributed by atoms with Gasteiger partial charge in [-0.05, 0) is 33.3 Å². The molecule has 0 saturated carbocycles. The predicted octanol–water partition coefficient (Wildman–Crippen LogP) is 1.67. The summed E-state index contributed by atoms with van der Waals surface area (Å²) in [6, 6.07) is 0. The lowest BCUT2D eigenvalue weighted by Crippen LogP contribution is -2.55. The van der Waals surface area contributed by atoms with E-state index in [1.165, 1.54) is 7.11 Å². The van der Waals surface area contributed by atoms with Gasteiger partial charge in [-0.2, -0.15) is 0 Å². The molecular formula is C15H22N2O4. The molecule has 116 valence electrons. The van der Waals surface area contributed by atoms with Gasteiger partial charge in [0.05, 0.1) is 31.4 Å². The zero-order chi connectivity index (χ0) is 15.8. The van der Waals surface area contributed by atoms with Crippen LogP contribution in [0.1, 0.15) is 46.0 Å². The number of ether oxygens (including phenoxy) is 2. The molecule has 0 unspecified atom stereocenters. The van der Waals surface area contributed by atoms with E-state index >= 15 is 0 Å². The number of aryl methyl sites for hydroxylation is 1. The van der Waals surface area contributed by atoms with Crippen molar-refractivity contribution in [3.05, 3.63) is 22.5 Å². The number of carbonyl (C=O) groups is 2. The summed E-state index contributed by atoms with van der Waals surface area (Å²) in [6.07, 6.45) is 0. The van der Waals surface area contributed by atoms with Crippen molar-refractivity contribution in [2.45, 2.75) is 33.2 Å². The third kappa shape index (κ3) is 2.68. The average molecular weight is 294 g/mol. The van der Waals surface area contributed by atoms with Gasteiger partial charge in [-0.3, -0.25) is 4.79 Å². The third-order valence-electron chi connectivity index (χ3n) is 3.93. The zero-order valence-electron chi connectivity index (χ0n) is 13.2. The van der Waals surface area contributed by atoms with Gasteiger partial charge in [-0.1, -0.05) is 0 Å². The molecule has 6 heteroatoms. The van der Waals surface area contributed by atoms with Crippen LogP contribution in [0.5, 0.6) is 0 Å². The van der Waals surface area contributed by atoms with Crippen LogP contribution < -0.4 is 0 Å². The van der Waals surface area contributed by atoms with Gasteiger partial charge in [0.1, 0.15) is 5.69 Å². The molecule has 1 aromatic rings. The highest BCUT2D eigenvalue weighted by molar-refractivity contribution is 6.00. The summed E-state index contributed by atoms with van der Waals surface area (Å²) in [5, 5.41) is 0. The van der Waals surface area contributed by atoms with Crippen LogP contribution in [-0.2, 0) is 9.47 Å². The zero-order valence-corrected chi connectivity index (χ0v) is 13.2. The van der Waals surface area contributed by atoms with Gasteiger partial charge in [0.25, 0.3) is 5.91 Å². The van der Waals surface area contributed by atoms with E-state index in [4.69, 9.17) is 9.47 Å². The Morgan fingerprint density at radius 2 is 2.00 bits per heavy atom. The number of hydrogen-bond donors (Lipinski definition) is 1. The number of aromatic nitrogens is 1. The maximum atomic E-state index is 12.8. The van der Waals surface area contributed by atoms with E-state index in [1.807, 2.05) is 13.8 Å². The van der Waals surface area contributed by atoms with Crippen LogP contribution in [0.3, 0.4) is 0 Å². The summed E-state index contributed by atoms with van der Waals surface area (Å²) in [5.41, 5.74) is 1.79. The first-order chi connectivity index (χ1) is 9.79. The van der Waals surface area contributed by atoms with E-state index in [0.717, 1.165) is 0 Å². The van der Waals surface area contributed by atoms with Crippen LogP contribution in [0.15, 0.2) is 0 Å². The van der Waals surface area contributed by atoms with E-state index < -0.39 is 5.97 Å². The molecule has 0 aromatic carbocycles. The van der Waals surface area contributed by atoms with Crippen molar-refractivity contribution in [1.29, 1.82) is 0 Å². The van der Waals surface area contributed by atoms with Crippen molar-refractivity contribution in [1.82, 2.24) is 9.88 Å². The molecule has 1 saturated heterocycles. The Hall–Kier alpha value is -1.82. The maximum Gasteiger partial charge on any atom is 0.339 e. The van der Waals surface area contributed by atoms with Crippen LogP contribution >= 0.6 is 0 Å². The number of nitrogens with zero attached hydrogens (tertiary/aromatic N) is 1. The summed E-state index contributed by atoms with van der Waals surface area (Å²) in [7, 11) is 1.33. The Bertz CT molecular complexity index is 574. The molecule has 1 fully saturated rings. The Kier molecular flexibility index (Phi) is 4.09. The SMILES string of the molecule is COC(=O)c1c(C)[nH]c(C(=O)N2CCOCC2(C)C)c1C. The summed E-state index contributed by atoms with van der Waals surface area (Å²) in [5.74, 6) is -0.541. The molecule has 0 aliphatic carbocycles. The van der Waals surface area contributed by atoms with Gasteiger partial charge >= 0.3 is 5.97 Å². The number of methoxy groups -OCH3 is 1. The molecule has 6 nitrogen and oxygen atoms in total. The lowest BCUT2D eigenvalue weighted by molar-refractivity contribution is -0.0373. The fraction of sp³-hybridized carbons (Fsp3) is 0.600. The topological polar surface area (TPSA) is 71.6 Å². The highest BCUT2D eigenvalue weighted by atomic mass is 16.5. The molecule has 0 spiro atoms. The lowest BCUT2D eigenvalue weighted by atomic mass is 10.0. The molecule has 2 rings (SSSR count). The molecule has 1 aliphatic rings. The number of hydrogen-bond acceptors (Lipinski definition) is 4. The maximum absolute atomic E-state index is 12.8. The molecule has 0 radical (unpaired) electrons. The monoisotopic (exact) mass is 294 g/mol. The molecule has 0 bridgehead atoms. The van der Waals surface area contributed by atoms with Crippen LogP contribution in [0, 0.1) is 13.8 Å². The Morgan fingerprint density at radius 3 is 2.57 bits per heavy atom. The summed E-state index contributed by atoms with van der Waals surface area (Å²) < 4.78 is 10.2. The van der Waals surface area contributed by atoms with Gasteiger partial charge in [0.15, 0.2) is 0 Å². The fourth-order valence-electron chi connectivity index (χ4n) is 2.74. The molecule has 0 atom stereocenters. The number of amides is 1. The minimum Gasteiger partial charge on any atom is -0.465 e. The van der Waals surface area contributed by atoms with E-state index in [-0.39, 0.29) is 11.4 Å². The minimum absolute atomic E-state index is 0.112. The number of rotatable bonds is 2. The van der Waals surface area contributed by atoms with E-state index in [2.05, 4.69) is 4.98 Å². The fourth-order valence-corrected chi connectivity index (χ4v) is 2.74. The highest BCUT2D eigenvalue weighted by Crippen LogP contribution is 2.25. The third-order valence-corrected chi connectivity index (χ3v) is 3.93. The first-order valence-corrected chi connectivity index (χ1v) is 6.96. The van der Waals surface area contributed by atoms with Gasteiger partial charge in [0.2, 0.25) is 0 Å². The number of H-pyrrole nitrogens is 1.